The molecule has 5 heteroatoms. The summed E-state index contributed by atoms with van der Waals surface area (Å²) in [5.74, 6) is 1.26. The van der Waals surface area contributed by atoms with Crippen LogP contribution in [0.25, 0.3) is 33.1 Å². The molecule has 1 radical (unpaired) electrons. The van der Waals surface area contributed by atoms with E-state index in [4.69, 9.17) is 4.98 Å². The van der Waals surface area contributed by atoms with Gasteiger partial charge in [-0.2, -0.15) is 0 Å². The van der Waals surface area contributed by atoms with Gasteiger partial charge in [-0.25, -0.2) is 0 Å². The average molecular weight is 660 g/mol. The van der Waals surface area contributed by atoms with E-state index in [-0.39, 0.29) is 43.5 Å². The van der Waals surface area contributed by atoms with Gasteiger partial charge in [0.05, 0.1) is 17.1 Å². The Morgan fingerprint density at radius 2 is 1.53 bits per heavy atom. The molecule has 0 saturated heterocycles. The van der Waals surface area contributed by atoms with E-state index in [9.17, 15) is 9.90 Å². The number of benzene rings is 3. The summed E-state index contributed by atoms with van der Waals surface area (Å²) in [6.07, 6.45) is 6.79. The van der Waals surface area contributed by atoms with Crippen molar-refractivity contribution >= 4 is 27.5 Å². The summed E-state index contributed by atoms with van der Waals surface area (Å²) in [5, 5.41) is 13.2. The number of fused-ring (bicyclic) bond motifs is 3. The Bertz CT molecular complexity index is 1280. The van der Waals surface area contributed by atoms with Gasteiger partial charge in [0, 0.05) is 55.0 Å². The first kappa shape index (κ1) is 29.4. The van der Waals surface area contributed by atoms with Crippen molar-refractivity contribution in [1.29, 1.82) is 0 Å². The van der Waals surface area contributed by atoms with Crippen LogP contribution in [0.2, 0.25) is 0 Å². The number of hydrogen-bond donors (Lipinski definition) is 1. The zero-order valence-electron chi connectivity index (χ0n) is 21.5. The van der Waals surface area contributed by atoms with Crippen molar-refractivity contribution in [2.24, 2.45) is 11.8 Å². The summed E-state index contributed by atoms with van der Waals surface area (Å²) in [6.45, 7) is 8.07. The van der Waals surface area contributed by atoms with Crippen molar-refractivity contribution in [3.05, 3.63) is 84.8 Å². The fourth-order valence-corrected chi connectivity index (χ4v) is 4.21. The van der Waals surface area contributed by atoms with Crippen LogP contribution in [0, 0.1) is 17.9 Å². The van der Waals surface area contributed by atoms with E-state index >= 15 is 0 Å². The third-order valence-corrected chi connectivity index (χ3v) is 6.51. The van der Waals surface area contributed by atoms with Crippen LogP contribution < -0.4 is 0 Å². The van der Waals surface area contributed by atoms with Crippen molar-refractivity contribution < 1.29 is 30.0 Å². The van der Waals surface area contributed by atoms with Gasteiger partial charge in [0.1, 0.15) is 0 Å². The van der Waals surface area contributed by atoms with Gasteiger partial charge in [0.15, 0.2) is 5.78 Å². The molecule has 0 bridgehead atoms. The van der Waals surface area contributed by atoms with Crippen LogP contribution in [0.1, 0.15) is 53.4 Å². The van der Waals surface area contributed by atoms with Crippen LogP contribution in [0.15, 0.2) is 78.7 Å². The first-order valence-corrected chi connectivity index (χ1v) is 12.6. The van der Waals surface area contributed by atoms with E-state index in [0.29, 0.717) is 0 Å². The minimum atomic E-state index is 0. The minimum absolute atomic E-state index is 0. The van der Waals surface area contributed by atoms with E-state index in [1.165, 1.54) is 11.5 Å². The molecule has 1 aromatic heterocycles. The summed E-state index contributed by atoms with van der Waals surface area (Å²) >= 11 is 0. The molecule has 0 aliphatic heterocycles. The maximum atomic E-state index is 11.7. The van der Waals surface area contributed by atoms with Gasteiger partial charge >= 0.3 is 0 Å². The Balaban J connectivity index is 0.000000260. The molecule has 36 heavy (non-hydrogen) atoms. The van der Waals surface area contributed by atoms with E-state index in [2.05, 4.69) is 35.3 Å². The standard InChI is InChI=1S/C18H11N2.C13H24O2.Ir/c1-2-7-14(8-3-1)18-19-12-15-11-10-13-6-4-5-9-16(13)17(15)20-18;1-5-10(6-2)12(14)9-13(15)11(7-3)8-4;/h1-7,9-12H;9-11,14H,5-8H2,1-4H3;/q-1;;/b;12-9-;. The smallest absolute Gasteiger partial charge is 0.162 e. The third kappa shape index (κ3) is 7.32. The quantitative estimate of drug-likeness (QED) is 0.0899. The number of allylic oxidation sites excluding steroid dienone is 2. The molecule has 0 aliphatic carbocycles. The molecule has 0 unspecified atom stereocenters. The molecule has 0 fully saturated rings. The van der Waals surface area contributed by atoms with Crippen LogP contribution in [-0.2, 0) is 24.9 Å². The van der Waals surface area contributed by atoms with E-state index in [1.54, 1.807) is 0 Å². The van der Waals surface area contributed by atoms with Crippen LogP contribution in [-0.4, -0.2) is 20.9 Å². The van der Waals surface area contributed by atoms with E-state index in [0.717, 1.165) is 53.4 Å². The first-order chi connectivity index (χ1) is 17.0. The predicted molar refractivity (Wildman–Crippen MR) is 145 cm³/mol. The molecule has 4 rings (SSSR count). The molecule has 0 amide bonds. The molecule has 4 aromatic rings. The molecule has 191 valence electrons. The zero-order chi connectivity index (χ0) is 25.2. The number of rotatable bonds is 8. The Labute approximate surface area is 228 Å². The average Bonchev–Trinajstić information content (AvgIpc) is 2.90. The number of ketones is 1. The predicted octanol–water partition coefficient (Wildman–Crippen LogP) is 8.12. The summed E-state index contributed by atoms with van der Waals surface area (Å²) in [4.78, 5) is 20.9. The monoisotopic (exact) mass is 660 g/mol. The number of aromatic nitrogens is 2. The fraction of sp³-hybridized carbons (Fsp3) is 0.323. The molecule has 3 aromatic carbocycles. The van der Waals surface area contributed by atoms with Crippen LogP contribution in [0.3, 0.4) is 0 Å². The zero-order valence-corrected chi connectivity index (χ0v) is 23.9. The number of nitrogens with zero attached hydrogens (tertiary/aromatic N) is 2. The second-order valence-electron chi connectivity index (χ2n) is 8.69. The number of aliphatic hydroxyl groups excluding tert-OH is 1. The summed E-state index contributed by atoms with van der Waals surface area (Å²) in [5.41, 5.74) is 1.91. The largest absolute Gasteiger partial charge is 0.512 e. The van der Waals surface area contributed by atoms with Gasteiger partial charge in [-0.1, -0.05) is 64.1 Å². The Kier molecular flexibility index (Phi) is 11.9. The fourth-order valence-electron chi connectivity index (χ4n) is 4.21. The Hall–Kier alpha value is -2.88. The van der Waals surface area contributed by atoms with Crippen LogP contribution >= 0.6 is 0 Å². The number of carbonyl (C=O) groups excluding carboxylic acids is 1. The summed E-state index contributed by atoms with van der Waals surface area (Å²) < 4.78 is 0. The van der Waals surface area contributed by atoms with Crippen molar-refractivity contribution in [2.75, 3.05) is 0 Å². The van der Waals surface area contributed by atoms with Crippen molar-refractivity contribution in [3.8, 4) is 11.4 Å². The number of aliphatic hydroxyl groups is 1. The SMILES string of the molecule is CCC(CC)C(=O)/C=C(\O)C(CC)CC.[Ir].[c-]1ccccc1-c1ncc2ccc3ccccc3c2n1. The maximum Gasteiger partial charge on any atom is 0.162 e. The number of hydrogen-bond acceptors (Lipinski definition) is 4. The van der Waals surface area contributed by atoms with E-state index < -0.39 is 0 Å². The van der Waals surface area contributed by atoms with Gasteiger partial charge in [-0.3, -0.25) is 14.8 Å². The molecular weight excluding hydrogens is 625 g/mol. The second-order valence-corrected chi connectivity index (χ2v) is 8.69. The van der Waals surface area contributed by atoms with Gasteiger partial charge in [0.2, 0.25) is 0 Å². The Morgan fingerprint density at radius 1 is 0.889 bits per heavy atom. The van der Waals surface area contributed by atoms with E-state index in [1.807, 2.05) is 70.3 Å². The van der Waals surface area contributed by atoms with Crippen molar-refractivity contribution in [1.82, 2.24) is 9.97 Å². The second kappa shape index (κ2) is 14.6. The molecule has 1 N–H and O–H groups in total. The minimum Gasteiger partial charge on any atom is -0.512 e. The molecular formula is C31H35IrN2O2-. The molecule has 4 nitrogen and oxygen atoms in total. The molecule has 0 spiro atoms. The molecule has 0 aliphatic rings. The first-order valence-electron chi connectivity index (χ1n) is 12.6. The summed E-state index contributed by atoms with van der Waals surface area (Å²) in [6, 6.07) is 23.4. The number of carbonyl (C=O) groups is 1. The van der Waals surface area contributed by atoms with Crippen LogP contribution in [0.4, 0.5) is 0 Å². The Morgan fingerprint density at radius 3 is 2.17 bits per heavy atom. The summed E-state index contributed by atoms with van der Waals surface area (Å²) in [7, 11) is 0. The van der Waals surface area contributed by atoms with Crippen molar-refractivity contribution in [2.45, 2.75) is 53.4 Å². The molecule has 0 saturated carbocycles. The third-order valence-electron chi connectivity index (χ3n) is 6.51. The molecule has 0 atom stereocenters. The van der Waals surface area contributed by atoms with Crippen LogP contribution in [0.5, 0.6) is 0 Å². The maximum absolute atomic E-state index is 11.7. The normalized spacial score (nSPS) is 11.3. The topological polar surface area (TPSA) is 63.1 Å². The van der Waals surface area contributed by atoms with Gasteiger partial charge in [0.25, 0.3) is 0 Å². The van der Waals surface area contributed by atoms with Gasteiger partial charge in [-0.05, 0) is 31.1 Å². The van der Waals surface area contributed by atoms with Gasteiger partial charge < -0.3 is 5.11 Å². The molecule has 1 heterocycles. The van der Waals surface area contributed by atoms with Crippen molar-refractivity contribution in [3.63, 3.8) is 0 Å². The van der Waals surface area contributed by atoms with Gasteiger partial charge in [-0.15, -0.1) is 35.9 Å².